The van der Waals surface area contributed by atoms with Gasteiger partial charge in [-0.2, -0.15) is 0 Å². The van der Waals surface area contributed by atoms with Crippen molar-refractivity contribution in [2.45, 2.75) is 31.2 Å². The average Bonchev–Trinajstić information content (AvgIpc) is 2.75. The summed E-state index contributed by atoms with van der Waals surface area (Å²) in [5.74, 6) is 2.05. The Hall–Kier alpha value is -0.310. The number of halogens is 2. The van der Waals surface area contributed by atoms with E-state index in [1.54, 1.807) is 0 Å². The van der Waals surface area contributed by atoms with Gasteiger partial charge in [0, 0.05) is 12.2 Å². The number of hydrogen-bond acceptors (Lipinski definition) is 2. The van der Waals surface area contributed by atoms with Gasteiger partial charge in [0.15, 0.2) is 0 Å². The highest BCUT2D eigenvalue weighted by Gasteiger charge is 2.46. The lowest BCUT2D eigenvalue weighted by Gasteiger charge is -2.21. The van der Waals surface area contributed by atoms with Crippen molar-refractivity contribution in [3.05, 3.63) is 29.0 Å². The van der Waals surface area contributed by atoms with E-state index in [9.17, 15) is 0 Å². The van der Waals surface area contributed by atoms with Gasteiger partial charge in [-0.15, -0.1) is 12.4 Å². The van der Waals surface area contributed by atoms with E-state index in [0.717, 1.165) is 5.92 Å². The van der Waals surface area contributed by atoms with Crippen molar-refractivity contribution in [2.75, 3.05) is 0 Å². The molecule has 0 aliphatic heterocycles. The Bertz CT molecular complexity index is 366. The van der Waals surface area contributed by atoms with E-state index < -0.39 is 0 Å². The van der Waals surface area contributed by atoms with Gasteiger partial charge >= 0.3 is 0 Å². The molecule has 0 saturated heterocycles. The van der Waals surface area contributed by atoms with Gasteiger partial charge in [0.1, 0.15) is 5.15 Å². The Morgan fingerprint density at radius 3 is 2.62 bits per heavy atom. The summed E-state index contributed by atoms with van der Waals surface area (Å²) in [7, 11) is 0. The standard InChI is InChI=1S/C12H15ClN2.ClH/c13-11-4-2-8(6-15-11)10-5-7-1-3-9(10)12(7)14;/h2,4,6-7,9-10,12H,1,3,5,14H2;1H/t7-,9+,10+,12-;/m0./s1. The molecule has 2 nitrogen and oxygen atoms in total. The van der Waals surface area contributed by atoms with E-state index in [1.165, 1.54) is 24.8 Å². The summed E-state index contributed by atoms with van der Waals surface area (Å²) in [5, 5.41) is 0.575. The fourth-order valence-electron chi connectivity index (χ4n) is 3.38. The third-order valence-electron chi connectivity index (χ3n) is 4.16. The number of nitrogens with two attached hydrogens (primary N) is 1. The molecule has 3 rings (SSSR count). The van der Waals surface area contributed by atoms with E-state index in [0.29, 0.717) is 23.0 Å². The van der Waals surface area contributed by atoms with Crippen molar-refractivity contribution >= 4 is 24.0 Å². The highest BCUT2D eigenvalue weighted by Crippen LogP contribution is 2.51. The molecule has 2 N–H and O–H groups in total. The van der Waals surface area contributed by atoms with Crippen LogP contribution in [-0.4, -0.2) is 11.0 Å². The first-order valence-electron chi connectivity index (χ1n) is 5.63. The highest BCUT2D eigenvalue weighted by atomic mass is 35.5. The van der Waals surface area contributed by atoms with Crippen LogP contribution in [0.25, 0.3) is 0 Å². The Morgan fingerprint density at radius 2 is 2.12 bits per heavy atom. The maximum Gasteiger partial charge on any atom is 0.129 e. The third-order valence-corrected chi connectivity index (χ3v) is 4.39. The molecule has 2 aliphatic rings. The molecule has 1 heterocycles. The second kappa shape index (κ2) is 4.52. The minimum absolute atomic E-state index is 0. The van der Waals surface area contributed by atoms with Crippen molar-refractivity contribution in [3.63, 3.8) is 0 Å². The van der Waals surface area contributed by atoms with Gasteiger partial charge in [0.25, 0.3) is 0 Å². The van der Waals surface area contributed by atoms with E-state index in [4.69, 9.17) is 17.3 Å². The van der Waals surface area contributed by atoms with Gasteiger partial charge in [0.2, 0.25) is 0 Å². The first-order valence-corrected chi connectivity index (χ1v) is 6.00. The van der Waals surface area contributed by atoms with Crippen LogP contribution in [0.2, 0.25) is 5.15 Å². The fraction of sp³-hybridized carbons (Fsp3) is 0.583. The summed E-state index contributed by atoms with van der Waals surface area (Å²) in [6.45, 7) is 0. The van der Waals surface area contributed by atoms with Crippen LogP contribution in [0.4, 0.5) is 0 Å². The minimum atomic E-state index is 0. The number of aromatic nitrogens is 1. The van der Waals surface area contributed by atoms with Crippen LogP contribution >= 0.6 is 24.0 Å². The summed E-state index contributed by atoms with van der Waals surface area (Å²) in [4.78, 5) is 4.16. The molecule has 88 valence electrons. The van der Waals surface area contributed by atoms with E-state index in [2.05, 4.69) is 11.1 Å². The maximum atomic E-state index is 6.20. The Kier molecular flexibility index (Phi) is 3.43. The van der Waals surface area contributed by atoms with E-state index in [1.807, 2.05) is 12.3 Å². The second-order valence-corrected chi connectivity index (χ2v) is 5.22. The molecule has 4 atom stereocenters. The number of pyridine rings is 1. The van der Waals surface area contributed by atoms with Crippen LogP contribution in [0.1, 0.15) is 30.7 Å². The minimum Gasteiger partial charge on any atom is -0.327 e. The highest BCUT2D eigenvalue weighted by molar-refractivity contribution is 6.29. The normalized spacial score (nSPS) is 36.1. The van der Waals surface area contributed by atoms with Crippen LogP contribution in [0, 0.1) is 11.8 Å². The number of nitrogens with zero attached hydrogens (tertiary/aromatic N) is 1. The molecule has 1 aromatic rings. The Balaban J connectivity index is 0.000000963. The third kappa shape index (κ3) is 1.83. The lowest BCUT2D eigenvalue weighted by molar-refractivity contribution is 0.417. The van der Waals surface area contributed by atoms with Gasteiger partial charge in [-0.3, -0.25) is 0 Å². The maximum absolute atomic E-state index is 6.20. The molecule has 2 bridgehead atoms. The topological polar surface area (TPSA) is 38.9 Å². The molecule has 0 spiro atoms. The molecule has 2 fully saturated rings. The Labute approximate surface area is 107 Å². The summed E-state index contributed by atoms with van der Waals surface area (Å²) in [5.41, 5.74) is 7.52. The lowest BCUT2D eigenvalue weighted by Crippen LogP contribution is -2.25. The van der Waals surface area contributed by atoms with E-state index >= 15 is 0 Å². The first kappa shape index (κ1) is 12.2. The van der Waals surface area contributed by atoms with Gasteiger partial charge in [0.05, 0.1) is 0 Å². The average molecular weight is 259 g/mol. The smallest absolute Gasteiger partial charge is 0.129 e. The van der Waals surface area contributed by atoms with Crippen LogP contribution in [0.15, 0.2) is 18.3 Å². The zero-order chi connectivity index (χ0) is 10.4. The zero-order valence-electron chi connectivity index (χ0n) is 8.97. The quantitative estimate of drug-likeness (QED) is 0.787. The molecule has 4 heteroatoms. The lowest BCUT2D eigenvalue weighted by atomic mass is 9.84. The molecule has 16 heavy (non-hydrogen) atoms. The molecule has 0 amide bonds. The molecule has 0 radical (unpaired) electrons. The predicted molar refractivity (Wildman–Crippen MR) is 68.0 cm³/mol. The molecule has 2 aliphatic carbocycles. The van der Waals surface area contributed by atoms with Crippen molar-refractivity contribution in [2.24, 2.45) is 17.6 Å². The summed E-state index contributed by atoms with van der Waals surface area (Å²) < 4.78 is 0. The second-order valence-electron chi connectivity index (χ2n) is 4.84. The van der Waals surface area contributed by atoms with Crippen LogP contribution in [0.3, 0.4) is 0 Å². The molecule has 0 aromatic carbocycles. The monoisotopic (exact) mass is 258 g/mol. The van der Waals surface area contributed by atoms with Gasteiger partial charge < -0.3 is 5.73 Å². The van der Waals surface area contributed by atoms with Crippen molar-refractivity contribution in [3.8, 4) is 0 Å². The first-order chi connectivity index (χ1) is 7.25. The molecular formula is C12H16Cl2N2. The van der Waals surface area contributed by atoms with Crippen molar-refractivity contribution in [1.29, 1.82) is 0 Å². The molecule has 0 unspecified atom stereocenters. The fourth-order valence-corrected chi connectivity index (χ4v) is 3.49. The molecular weight excluding hydrogens is 243 g/mol. The SMILES string of the molecule is Cl.N[C@H]1[C@H]2CC[C@@H]1[C@@H](c1ccc(Cl)nc1)C2. The molecule has 1 aromatic heterocycles. The zero-order valence-corrected chi connectivity index (χ0v) is 10.5. The number of fused-ring (bicyclic) bond motifs is 2. The van der Waals surface area contributed by atoms with E-state index in [-0.39, 0.29) is 12.4 Å². The number of hydrogen-bond donors (Lipinski definition) is 1. The van der Waals surface area contributed by atoms with Crippen molar-refractivity contribution < 1.29 is 0 Å². The number of rotatable bonds is 1. The summed E-state index contributed by atoms with van der Waals surface area (Å²) >= 11 is 5.79. The summed E-state index contributed by atoms with van der Waals surface area (Å²) in [6, 6.07) is 4.41. The Morgan fingerprint density at radius 1 is 1.31 bits per heavy atom. The van der Waals surface area contributed by atoms with Gasteiger partial charge in [-0.1, -0.05) is 17.7 Å². The van der Waals surface area contributed by atoms with Crippen LogP contribution in [-0.2, 0) is 0 Å². The van der Waals surface area contributed by atoms with Crippen molar-refractivity contribution in [1.82, 2.24) is 4.98 Å². The van der Waals surface area contributed by atoms with Gasteiger partial charge in [-0.05, 0) is 48.6 Å². The predicted octanol–water partition coefficient (Wildman–Crippen LogP) is 3.00. The largest absolute Gasteiger partial charge is 0.327 e. The van der Waals surface area contributed by atoms with Gasteiger partial charge in [-0.25, -0.2) is 4.98 Å². The van der Waals surface area contributed by atoms with Crippen LogP contribution < -0.4 is 5.73 Å². The summed E-state index contributed by atoms with van der Waals surface area (Å²) in [6.07, 6.45) is 5.78. The molecule has 2 saturated carbocycles. The van der Waals surface area contributed by atoms with Crippen LogP contribution in [0.5, 0.6) is 0 Å².